The minimum Gasteiger partial charge on any atom is -0.494 e. The highest BCUT2D eigenvalue weighted by molar-refractivity contribution is 5.96. The molecule has 0 fully saturated rings. The number of halogens is 1. The molecule has 0 saturated heterocycles. The van der Waals surface area contributed by atoms with E-state index in [4.69, 9.17) is 4.74 Å². The van der Waals surface area contributed by atoms with Crippen LogP contribution in [-0.4, -0.2) is 12.9 Å². The van der Waals surface area contributed by atoms with Crippen molar-refractivity contribution in [3.05, 3.63) is 29.6 Å². The van der Waals surface area contributed by atoms with Crippen molar-refractivity contribution in [2.24, 2.45) is 0 Å². The molecule has 0 aliphatic carbocycles. The monoisotopic (exact) mass is 182 g/mol. The quantitative estimate of drug-likeness (QED) is 0.671. The fraction of sp³-hybridized carbons (Fsp3) is 0.300. The van der Waals surface area contributed by atoms with Gasteiger partial charge in [-0.3, -0.25) is 4.79 Å². The molecule has 1 aromatic carbocycles. The Morgan fingerprint density at radius 3 is 2.77 bits per heavy atom. The molecule has 0 aliphatic rings. The van der Waals surface area contributed by atoms with Crippen LogP contribution in [0.25, 0.3) is 0 Å². The number of hydrogen-bond acceptors (Lipinski definition) is 2. The van der Waals surface area contributed by atoms with E-state index < -0.39 is 5.82 Å². The van der Waals surface area contributed by atoms with Crippen LogP contribution in [0, 0.1) is 5.82 Å². The normalized spacial score (nSPS) is 9.77. The maximum absolute atomic E-state index is 12.9. The van der Waals surface area contributed by atoms with Gasteiger partial charge in [0.1, 0.15) is 0 Å². The molecule has 0 amide bonds. The summed E-state index contributed by atoms with van der Waals surface area (Å²) in [5, 5.41) is 0. The molecule has 2 nitrogen and oxygen atoms in total. The minimum absolute atomic E-state index is 0.0155. The van der Waals surface area contributed by atoms with E-state index >= 15 is 0 Å². The molecule has 1 aromatic rings. The summed E-state index contributed by atoms with van der Waals surface area (Å²) < 4.78 is 17.7. The van der Waals surface area contributed by atoms with Crippen LogP contribution in [0.4, 0.5) is 4.39 Å². The smallest absolute Gasteiger partial charge is 0.165 e. The zero-order chi connectivity index (χ0) is 9.84. The molecule has 0 heterocycles. The van der Waals surface area contributed by atoms with E-state index in [9.17, 15) is 9.18 Å². The summed E-state index contributed by atoms with van der Waals surface area (Å²) in [7, 11) is 1.37. The fourth-order valence-corrected chi connectivity index (χ4v) is 1.04. The number of rotatable bonds is 3. The lowest BCUT2D eigenvalue weighted by Gasteiger charge is -2.03. The Hall–Kier alpha value is -1.38. The average molecular weight is 182 g/mol. The molecule has 0 unspecified atom stereocenters. The molecule has 0 N–H and O–H groups in total. The van der Waals surface area contributed by atoms with Crippen LogP contribution < -0.4 is 4.74 Å². The van der Waals surface area contributed by atoms with E-state index in [-0.39, 0.29) is 11.5 Å². The number of benzene rings is 1. The summed E-state index contributed by atoms with van der Waals surface area (Å²) in [6.07, 6.45) is 0.411. The van der Waals surface area contributed by atoms with E-state index in [1.54, 1.807) is 6.92 Å². The fourth-order valence-electron chi connectivity index (χ4n) is 1.04. The number of carbonyl (C=O) groups excluding carboxylic acids is 1. The van der Waals surface area contributed by atoms with Gasteiger partial charge in [-0.05, 0) is 18.2 Å². The Labute approximate surface area is 76.3 Å². The van der Waals surface area contributed by atoms with Gasteiger partial charge in [-0.2, -0.15) is 0 Å². The van der Waals surface area contributed by atoms with Crippen molar-refractivity contribution in [2.75, 3.05) is 7.11 Å². The van der Waals surface area contributed by atoms with Gasteiger partial charge < -0.3 is 4.74 Å². The van der Waals surface area contributed by atoms with Crippen molar-refractivity contribution >= 4 is 5.78 Å². The van der Waals surface area contributed by atoms with Gasteiger partial charge in [0, 0.05) is 12.0 Å². The minimum atomic E-state index is -0.449. The third kappa shape index (κ3) is 2.05. The second kappa shape index (κ2) is 4.03. The zero-order valence-electron chi connectivity index (χ0n) is 7.63. The summed E-state index contributed by atoms with van der Waals surface area (Å²) in [4.78, 5) is 11.2. The van der Waals surface area contributed by atoms with E-state index in [0.29, 0.717) is 12.0 Å². The second-order valence-corrected chi connectivity index (χ2v) is 2.63. The van der Waals surface area contributed by atoms with E-state index in [1.165, 1.54) is 25.3 Å². The summed E-state index contributed by atoms with van der Waals surface area (Å²) >= 11 is 0. The lowest BCUT2D eigenvalue weighted by Crippen LogP contribution is -1.98. The Morgan fingerprint density at radius 1 is 1.54 bits per heavy atom. The predicted molar refractivity (Wildman–Crippen MR) is 47.6 cm³/mol. The maximum Gasteiger partial charge on any atom is 0.165 e. The number of ketones is 1. The third-order valence-electron chi connectivity index (χ3n) is 1.79. The van der Waals surface area contributed by atoms with Crippen molar-refractivity contribution in [1.29, 1.82) is 0 Å². The third-order valence-corrected chi connectivity index (χ3v) is 1.79. The number of carbonyl (C=O) groups is 1. The molecule has 0 atom stereocenters. The topological polar surface area (TPSA) is 26.3 Å². The number of Topliss-reactive ketones (excluding diaryl/α,β-unsaturated/α-hetero) is 1. The molecule has 0 bridgehead atoms. The second-order valence-electron chi connectivity index (χ2n) is 2.63. The van der Waals surface area contributed by atoms with E-state index in [2.05, 4.69) is 0 Å². The lowest BCUT2D eigenvalue weighted by atomic mass is 10.1. The molecular weight excluding hydrogens is 171 g/mol. The van der Waals surface area contributed by atoms with Crippen molar-refractivity contribution in [3.8, 4) is 5.75 Å². The first kappa shape index (κ1) is 9.71. The van der Waals surface area contributed by atoms with Crippen molar-refractivity contribution in [1.82, 2.24) is 0 Å². The van der Waals surface area contributed by atoms with Gasteiger partial charge in [0.25, 0.3) is 0 Å². The molecule has 0 aromatic heterocycles. The first-order valence-corrected chi connectivity index (χ1v) is 4.05. The summed E-state index contributed by atoms with van der Waals surface area (Å²) in [5.41, 5.74) is 0.487. The molecule has 0 saturated carbocycles. The van der Waals surface area contributed by atoms with Gasteiger partial charge in [-0.1, -0.05) is 6.92 Å². The van der Waals surface area contributed by atoms with Gasteiger partial charge in [-0.25, -0.2) is 4.39 Å². The summed E-state index contributed by atoms with van der Waals surface area (Å²) in [6, 6.07) is 4.12. The highest BCUT2D eigenvalue weighted by Crippen LogP contribution is 2.18. The van der Waals surface area contributed by atoms with Crippen LogP contribution in [0.2, 0.25) is 0 Å². The SMILES string of the molecule is CCC(=O)c1ccc(F)c(OC)c1. The van der Waals surface area contributed by atoms with Gasteiger partial charge in [0.05, 0.1) is 7.11 Å². The highest BCUT2D eigenvalue weighted by atomic mass is 19.1. The molecule has 1 rings (SSSR count). The zero-order valence-corrected chi connectivity index (χ0v) is 7.63. The first-order chi connectivity index (χ1) is 6.19. The van der Waals surface area contributed by atoms with Crippen LogP contribution >= 0.6 is 0 Å². The standard InChI is InChI=1S/C10H11FO2/c1-3-9(12)7-4-5-8(11)10(6-7)13-2/h4-6H,3H2,1-2H3. The average Bonchev–Trinajstić information content (AvgIpc) is 2.17. The van der Waals surface area contributed by atoms with Gasteiger partial charge in [0.15, 0.2) is 17.3 Å². The Bertz CT molecular complexity index is 321. The largest absolute Gasteiger partial charge is 0.494 e. The Balaban J connectivity index is 3.06. The van der Waals surface area contributed by atoms with Gasteiger partial charge >= 0.3 is 0 Å². The predicted octanol–water partition coefficient (Wildman–Crippen LogP) is 2.43. The molecular formula is C10H11FO2. The Kier molecular flexibility index (Phi) is 3.01. The van der Waals surface area contributed by atoms with Crippen LogP contribution in [0.3, 0.4) is 0 Å². The van der Waals surface area contributed by atoms with Gasteiger partial charge in [0.2, 0.25) is 0 Å². The lowest BCUT2D eigenvalue weighted by molar-refractivity contribution is 0.0987. The molecule has 3 heteroatoms. The summed E-state index contributed by atoms with van der Waals surface area (Å²) in [5.74, 6) is -0.354. The number of ether oxygens (including phenoxy) is 1. The molecule has 13 heavy (non-hydrogen) atoms. The molecule has 0 radical (unpaired) electrons. The number of hydrogen-bond donors (Lipinski definition) is 0. The first-order valence-electron chi connectivity index (χ1n) is 4.05. The molecule has 0 spiro atoms. The van der Waals surface area contributed by atoms with Crippen molar-refractivity contribution in [2.45, 2.75) is 13.3 Å². The van der Waals surface area contributed by atoms with Crippen LogP contribution in [0.15, 0.2) is 18.2 Å². The van der Waals surface area contributed by atoms with Crippen molar-refractivity contribution in [3.63, 3.8) is 0 Å². The van der Waals surface area contributed by atoms with Crippen molar-refractivity contribution < 1.29 is 13.9 Å². The van der Waals surface area contributed by atoms with Crippen LogP contribution in [0.5, 0.6) is 5.75 Å². The maximum atomic E-state index is 12.9. The molecule has 0 aliphatic heterocycles. The number of methoxy groups -OCH3 is 1. The Morgan fingerprint density at radius 2 is 2.23 bits per heavy atom. The van der Waals surface area contributed by atoms with E-state index in [0.717, 1.165) is 0 Å². The van der Waals surface area contributed by atoms with Gasteiger partial charge in [-0.15, -0.1) is 0 Å². The van der Waals surface area contributed by atoms with Crippen LogP contribution in [0.1, 0.15) is 23.7 Å². The van der Waals surface area contributed by atoms with E-state index in [1.807, 2.05) is 0 Å². The van der Waals surface area contributed by atoms with Crippen LogP contribution in [-0.2, 0) is 0 Å². The highest BCUT2D eigenvalue weighted by Gasteiger charge is 2.07. The molecule has 70 valence electrons. The summed E-state index contributed by atoms with van der Waals surface area (Å²) in [6.45, 7) is 1.76.